The topological polar surface area (TPSA) is 100 Å². The van der Waals surface area contributed by atoms with Crippen LogP contribution in [0.4, 0.5) is 10.5 Å². The first-order valence-corrected chi connectivity index (χ1v) is 5.45. The second-order valence-corrected chi connectivity index (χ2v) is 3.85. The van der Waals surface area contributed by atoms with E-state index in [9.17, 15) is 9.59 Å². The molecule has 0 fully saturated rings. The molecule has 0 bridgehead atoms. The van der Waals surface area contributed by atoms with Crippen molar-refractivity contribution in [1.29, 1.82) is 0 Å². The van der Waals surface area contributed by atoms with Gasteiger partial charge < -0.3 is 21.3 Å². The Bertz CT molecular complexity index is 433. The molecule has 1 heterocycles. The fraction of sp³-hybridized carbons (Fsp3) is 0.364. The summed E-state index contributed by atoms with van der Waals surface area (Å²) in [4.78, 5) is 28.1. The number of hydrogen-bond donors (Lipinski definition) is 3. The van der Waals surface area contributed by atoms with Crippen LogP contribution in [-0.2, 0) is 0 Å². The molecule has 3 amide bonds. The molecule has 0 radical (unpaired) electrons. The highest BCUT2D eigenvalue weighted by Gasteiger charge is 2.08. The van der Waals surface area contributed by atoms with Gasteiger partial charge in [-0.15, -0.1) is 0 Å². The molecule has 1 rings (SSSR count). The van der Waals surface area contributed by atoms with Crippen molar-refractivity contribution in [3.05, 3.63) is 24.0 Å². The summed E-state index contributed by atoms with van der Waals surface area (Å²) < 4.78 is 0. The van der Waals surface area contributed by atoms with Crippen LogP contribution in [0.15, 0.2) is 18.5 Å². The largest absolute Gasteiger partial charge is 0.398 e. The molecule has 4 N–H and O–H groups in total. The second kappa shape index (κ2) is 6.43. The van der Waals surface area contributed by atoms with E-state index in [0.717, 1.165) is 0 Å². The van der Waals surface area contributed by atoms with E-state index in [1.54, 1.807) is 20.2 Å². The molecule has 7 nitrogen and oxygen atoms in total. The fourth-order valence-corrected chi connectivity index (χ4v) is 1.19. The van der Waals surface area contributed by atoms with Gasteiger partial charge in [-0.3, -0.25) is 9.78 Å². The van der Waals surface area contributed by atoms with Crippen molar-refractivity contribution in [2.45, 2.75) is 0 Å². The summed E-state index contributed by atoms with van der Waals surface area (Å²) in [6.07, 6.45) is 2.92. The van der Waals surface area contributed by atoms with Crippen LogP contribution in [0.5, 0.6) is 0 Å². The lowest BCUT2D eigenvalue weighted by Crippen LogP contribution is -2.39. The molecule has 0 atom stereocenters. The van der Waals surface area contributed by atoms with Gasteiger partial charge in [-0.25, -0.2) is 4.79 Å². The maximum absolute atomic E-state index is 11.7. The van der Waals surface area contributed by atoms with Crippen LogP contribution in [0.3, 0.4) is 0 Å². The number of nitrogen functional groups attached to an aromatic ring is 1. The van der Waals surface area contributed by atoms with Gasteiger partial charge in [-0.05, 0) is 6.07 Å². The Hall–Kier alpha value is -2.31. The number of nitrogens with zero attached hydrogens (tertiary/aromatic N) is 2. The third-order valence-electron chi connectivity index (χ3n) is 2.19. The quantitative estimate of drug-likeness (QED) is 0.637. The lowest BCUT2D eigenvalue weighted by atomic mass is 10.2. The molecule has 0 unspecified atom stereocenters. The molecule has 18 heavy (non-hydrogen) atoms. The highest BCUT2D eigenvalue weighted by atomic mass is 16.2. The van der Waals surface area contributed by atoms with Gasteiger partial charge in [-0.2, -0.15) is 0 Å². The summed E-state index contributed by atoms with van der Waals surface area (Å²) in [5, 5.41) is 5.27. The molecule has 0 aliphatic rings. The minimum atomic E-state index is -0.306. The van der Waals surface area contributed by atoms with Crippen LogP contribution >= 0.6 is 0 Å². The van der Waals surface area contributed by atoms with Gasteiger partial charge in [0, 0.05) is 45.3 Å². The summed E-state index contributed by atoms with van der Waals surface area (Å²) in [5.41, 5.74) is 6.34. The number of rotatable bonds is 4. The van der Waals surface area contributed by atoms with Gasteiger partial charge in [0.1, 0.15) is 0 Å². The Labute approximate surface area is 105 Å². The van der Waals surface area contributed by atoms with Crippen molar-refractivity contribution < 1.29 is 9.59 Å². The van der Waals surface area contributed by atoms with E-state index in [2.05, 4.69) is 15.6 Å². The van der Waals surface area contributed by atoms with E-state index in [1.165, 1.54) is 17.3 Å². The van der Waals surface area contributed by atoms with Crippen LogP contribution < -0.4 is 16.4 Å². The molecule has 1 aromatic heterocycles. The normalized spacial score (nSPS) is 9.67. The zero-order valence-electron chi connectivity index (χ0n) is 10.4. The van der Waals surface area contributed by atoms with Gasteiger partial charge in [0.15, 0.2) is 0 Å². The number of aromatic nitrogens is 1. The number of carbonyl (C=O) groups is 2. The van der Waals surface area contributed by atoms with Crippen molar-refractivity contribution in [2.24, 2.45) is 0 Å². The van der Waals surface area contributed by atoms with Crippen molar-refractivity contribution in [3.8, 4) is 0 Å². The van der Waals surface area contributed by atoms with Crippen molar-refractivity contribution in [3.63, 3.8) is 0 Å². The summed E-state index contributed by atoms with van der Waals surface area (Å²) in [6.45, 7) is 0.676. The lowest BCUT2D eigenvalue weighted by Gasteiger charge is -2.12. The summed E-state index contributed by atoms with van der Waals surface area (Å²) in [6, 6.07) is 1.35. The van der Waals surface area contributed by atoms with Crippen LogP contribution in [0.1, 0.15) is 10.4 Å². The molecule has 98 valence electrons. The minimum Gasteiger partial charge on any atom is -0.398 e. The van der Waals surface area contributed by atoms with E-state index in [0.29, 0.717) is 24.3 Å². The third-order valence-corrected chi connectivity index (χ3v) is 2.19. The number of amides is 3. The van der Waals surface area contributed by atoms with E-state index in [4.69, 9.17) is 5.73 Å². The highest BCUT2D eigenvalue weighted by Crippen LogP contribution is 2.07. The van der Waals surface area contributed by atoms with E-state index >= 15 is 0 Å². The fourth-order valence-electron chi connectivity index (χ4n) is 1.19. The predicted octanol–water partition coefficient (Wildman–Crippen LogP) is -0.335. The second-order valence-electron chi connectivity index (χ2n) is 3.85. The maximum atomic E-state index is 11.7. The monoisotopic (exact) mass is 251 g/mol. The number of pyridine rings is 1. The molecule has 7 heteroatoms. The van der Waals surface area contributed by atoms with Crippen molar-refractivity contribution in [2.75, 3.05) is 32.9 Å². The zero-order chi connectivity index (χ0) is 13.5. The number of hydrogen-bond acceptors (Lipinski definition) is 4. The summed E-state index contributed by atoms with van der Waals surface area (Å²) >= 11 is 0. The number of nitrogens with two attached hydrogens (primary N) is 1. The summed E-state index contributed by atoms with van der Waals surface area (Å²) in [7, 11) is 3.29. The van der Waals surface area contributed by atoms with Crippen molar-refractivity contribution in [1.82, 2.24) is 20.5 Å². The van der Waals surface area contributed by atoms with Crippen LogP contribution in [-0.4, -0.2) is 49.0 Å². The Balaban J connectivity index is 2.35. The van der Waals surface area contributed by atoms with E-state index in [-0.39, 0.29) is 11.9 Å². The Morgan fingerprint density at radius 3 is 2.61 bits per heavy atom. The van der Waals surface area contributed by atoms with Gasteiger partial charge in [-0.1, -0.05) is 0 Å². The van der Waals surface area contributed by atoms with Crippen LogP contribution in [0.2, 0.25) is 0 Å². The molecule has 0 saturated heterocycles. The number of anilines is 1. The lowest BCUT2D eigenvalue weighted by molar-refractivity contribution is 0.0954. The molecule has 0 spiro atoms. The Morgan fingerprint density at radius 2 is 2.00 bits per heavy atom. The molecule has 0 aliphatic carbocycles. The van der Waals surface area contributed by atoms with Gasteiger partial charge in [0.05, 0.1) is 5.56 Å². The number of urea groups is 1. The molecule has 0 aromatic carbocycles. The van der Waals surface area contributed by atoms with Gasteiger partial charge >= 0.3 is 6.03 Å². The Morgan fingerprint density at radius 1 is 1.33 bits per heavy atom. The van der Waals surface area contributed by atoms with Gasteiger partial charge in [0.25, 0.3) is 5.91 Å². The summed E-state index contributed by atoms with van der Waals surface area (Å²) in [5.74, 6) is -0.306. The van der Waals surface area contributed by atoms with E-state index < -0.39 is 0 Å². The first kappa shape index (κ1) is 13.8. The molecule has 1 aromatic rings. The molecular weight excluding hydrogens is 234 g/mol. The zero-order valence-corrected chi connectivity index (χ0v) is 10.4. The minimum absolute atomic E-state index is 0.204. The third kappa shape index (κ3) is 3.93. The molecular formula is C11H17N5O2. The first-order chi connectivity index (χ1) is 8.52. The smallest absolute Gasteiger partial charge is 0.316 e. The van der Waals surface area contributed by atoms with E-state index in [1.807, 2.05) is 0 Å². The number of nitrogens with one attached hydrogen (secondary N) is 2. The van der Waals surface area contributed by atoms with Crippen molar-refractivity contribution >= 4 is 17.6 Å². The first-order valence-electron chi connectivity index (χ1n) is 5.45. The SMILES string of the molecule is CN(C)C(=O)NCCNC(=O)c1cnccc1N. The number of carbonyl (C=O) groups excluding carboxylic acids is 2. The Kier molecular flexibility index (Phi) is 4.91. The van der Waals surface area contributed by atoms with Crippen LogP contribution in [0.25, 0.3) is 0 Å². The standard InChI is InChI=1S/C11H17N5O2/c1-16(2)11(18)15-6-5-14-10(17)8-7-13-4-3-9(8)12/h3-4,7H,5-6H2,1-2H3,(H2,12,13)(H,14,17)(H,15,18). The van der Waals surface area contributed by atoms with Crippen LogP contribution in [0, 0.1) is 0 Å². The molecule has 0 saturated carbocycles. The highest BCUT2D eigenvalue weighted by molar-refractivity contribution is 5.98. The average molecular weight is 251 g/mol. The predicted molar refractivity (Wildman–Crippen MR) is 68.1 cm³/mol. The molecule has 0 aliphatic heterocycles. The average Bonchev–Trinajstić information content (AvgIpc) is 2.34. The van der Waals surface area contributed by atoms with Gasteiger partial charge in [0.2, 0.25) is 0 Å². The maximum Gasteiger partial charge on any atom is 0.316 e.